The predicted octanol–water partition coefficient (Wildman–Crippen LogP) is 6.22. The Hall–Kier alpha value is -1.94. The number of alkyl halides is 1. The second-order valence-electron chi connectivity index (χ2n) is 7.48. The second kappa shape index (κ2) is 10.6. The van der Waals surface area contributed by atoms with E-state index in [0.29, 0.717) is 17.8 Å². The number of aromatic nitrogens is 2. The lowest BCUT2D eigenvalue weighted by molar-refractivity contribution is -0.142. The Bertz CT molecular complexity index is 746. The van der Waals surface area contributed by atoms with Crippen LogP contribution in [0.25, 0.3) is 11.4 Å². The van der Waals surface area contributed by atoms with Gasteiger partial charge in [-0.25, -0.2) is 14.8 Å². The molecule has 0 saturated heterocycles. The van der Waals surface area contributed by atoms with E-state index >= 15 is 0 Å². The van der Waals surface area contributed by atoms with Crippen LogP contribution in [0.2, 0.25) is 0 Å². The van der Waals surface area contributed by atoms with Crippen molar-refractivity contribution in [2.75, 3.05) is 0 Å². The molecule has 2 rings (SSSR count). The van der Waals surface area contributed by atoms with Gasteiger partial charge in [0.2, 0.25) is 0 Å². The summed E-state index contributed by atoms with van der Waals surface area (Å²) in [5, 5.41) is 9.67. The van der Waals surface area contributed by atoms with Crippen LogP contribution in [0.1, 0.15) is 70.4 Å². The molecule has 28 heavy (non-hydrogen) atoms. The molecule has 1 aromatic carbocycles. The van der Waals surface area contributed by atoms with Gasteiger partial charge in [-0.2, -0.15) is 0 Å². The van der Waals surface area contributed by atoms with E-state index in [2.05, 4.69) is 16.9 Å². The van der Waals surface area contributed by atoms with Crippen LogP contribution in [0, 0.1) is 5.92 Å². The zero-order chi connectivity index (χ0) is 20.6. The minimum Gasteiger partial charge on any atom is -0.480 e. The van der Waals surface area contributed by atoms with Crippen molar-refractivity contribution in [3.05, 3.63) is 47.8 Å². The molecule has 1 aromatic heterocycles. The normalized spacial score (nSPS) is 14.4. The molecule has 0 spiro atoms. The third-order valence-corrected chi connectivity index (χ3v) is 6.19. The molecule has 0 amide bonds. The van der Waals surface area contributed by atoms with E-state index in [4.69, 9.17) is 11.6 Å². The van der Waals surface area contributed by atoms with Gasteiger partial charge >= 0.3 is 5.97 Å². The van der Waals surface area contributed by atoms with Gasteiger partial charge in [-0.15, -0.1) is 11.6 Å². The average molecular weight is 403 g/mol. The molecular formula is C23H31ClN2O2. The van der Waals surface area contributed by atoms with Crippen molar-refractivity contribution in [2.24, 2.45) is 5.92 Å². The molecule has 0 radical (unpaired) electrons. The first-order valence-electron chi connectivity index (χ1n) is 10.3. The summed E-state index contributed by atoms with van der Waals surface area (Å²) in [6, 6.07) is 7.23. The maximum Gasteiger partial charge on any atom is 0.329 e. The Kier molecular flexibility index (Phi) is 8.43. The van der Waals surface area contributed by atoms with Gasteiger partial charge in [0, 0.05) is 18.0 Å². The van der Waals surface area contributed by atoms with Gasteiger partial charge in [-0.05, 0) is 29.9 Å². The number of carbonyl (C=O) groups is 1. The van der Waals surface area contributed by atoms with Crippen molar-refractivity contribution in [2.45, 2.75) is 70.6 Å². The number of carboxylic acid groups (broad SMARTS) is 1. The molecule has 5 heteroatoms. The number of aryl methyl sites for hydroxylation is 1. The van der Waals surface area contributed by atoms with E-state index in [1.807, 2.05) is 38.4 Å². The van der Waals surface area contributed by atoms with Gasteiger partial charge in [0.15, 0.2) is 10.7 Å². The van der Waals surface area contributed by atoms with Gasteiger partial charge in [-0.1, -0.05) is 77.1 Å². The monoisotopic (exact) mass is 402 g/mol. The number of hydrogen-bond acceptors (Lipinski definition) is 3. The fourth-order valence-electron chi connectivity index (χ4n) is 3.33. The highest BCUT2D eigenvalue weighted by Crippen LogP contribution is 2.39. The summed E-state index contributed by atoms with van der Waals surface area (Å²) in [5.41, 5.74) is 2.59. The number of benzene rings is 1. The van der Waals surface area contributed by atoms with Crippen molar-refractivity contribution in [3.63, 3.8) is 0 Å². The number of halogens is 1. The fourth-order valence-corrected chi connectivity index (χ4v) is 3.61. The predicted molar refractivity (Wildman–Crippen MR) is 115 cm³/mol. The number of carboxylic acids is 1. The summed E-state index contributed by atoms with van der Waals surface area (Å²) in [5.74, 6) is -0.568. The van der Waals surface area contributed by atoms with E-state index in [1.165, 1.54) is 32.1 Å². The number of rotatable bonds is 11. The van der Waals surface area contributed by atoms with Crippen molar-refractivity contribution < 1.29 is 9.90 Å². The standard InChI is InChI=1S/C23H31ClN2O2/c1-4-6-7-8-9-10-18-15-25-21(26-16-18)19-11-13-20(14-12-19)23(24,22(27)28)17(3)5-2/h11-17H,4-10H2,1-3H3,(H,27,28). The molecule has 1 N–H and O–H groups in total. The molecule has 2 atom stereocenters. The maximum absolute atomic E-state index is 11.8. The van der Waals surface area contributed by atoms with Crippen LogP contribution in [-0.2, 0) is 16.1 Å². The quantitative estimate of drug-likeness (QED) is 0.358. The Morgan fingerprint density at radius 2 is 1.68 bits per heavy atom. The van der Waals surface area contributed by atoms with E-state index in [1.54, 1.807) is 12.1 Å². The molecule has 152 valence electrons. The Morgan fingerprint density at radius 1 is 1.07 bits per heavy atom. The number of aliphatic carboxylic acids is 1. The number of hydrogen-bond donors (Lipinski definition) is 1. The first kappa shape index (κ1) is 22.4. The maximum atomic E-state index is 11.8. The van der Waals surface area contributed by atoms with Gasteiger partial charge in [0.25, 0.3) is 0 Å². The summed E-state index contributed by atoms with van der Waals surface area (Å²) >= 11 is 6.52. The molecule has 1 heterocycles. The molecule has 0 saturated carbocycles. The van der Waals surface area contributed by atoms with Crippen LogP contribution in [0.5, 0.6) is 0 Å². The van der Waals surface area contributed by atoms with Crippen molar-refractivity contribution in [3.8, 4) is 11.4 Å². The summed E-state index contributed by atoms with van der Waals surface area (Å²) in [6.07, 6.45) is 11.7. The molecular weight excluding hydrogens is 372 g/mol. The third kappa shape index (κ3) is 5.32. The largest absolute Gasteiger partial charge is 0.480 e. The number of unbranched alkanes of at least 4 members (excludes halogenated alkanes) is 4. The molecule has 4 nitrogen and oxygen atoms in total. The average Bonchev–Trinajstić information content (AvgIpc) is 2.73. The SMILES string of the molecule is CCCCCCCc1cnc(-c2ccc(C(Cl)(C(=O)O)C(C)CC)cc2)nc1. The van der Waals surface area contributed by atoms with Crippen molar-refractivity contribution in [1.82, 2.24) is 9.97 Å². The van der Waals surface area contributed by atoms with Crippen LogP contribution in [0.4, 0.5) is 0 Å². The van der Waals surface area contributed by atoms with E-state index in [-0.39, 0.29) is 5.92 Å². The summed E-state index contributed by atoms with van der Waals surface area (Å²) in [7, 11) is 0. The van der Waals surface area contributed by atoms with Gasteiger partial charge < -0.3 is 5.11 Å². The van der Waals surface area contributed by atoms with E-state index in [9.17, 15) is 9.90 Å². The smallest absolute Gasteiger partial charge is 0.329 e. The lowest BCUT2D eigenvalue weighted by Crippen LogP contribution is -2.36. The van der Waals surface area contributed by atoms with Crippen LogP contribution in [0.3, 0.4) is 0 Å². The van der Waals surface area contributed by atoms with Crippen LogP contribution >= 0.6 is 11.6 Å². The Morgan fingerprint density at radius 3 is 2.21 bits per heavy atom. The fraction of sp³-hybridized carbons (Fsp3) is 0.522. The van der Waals surface area contributed by atoms with Crippen LogP contribution < -0.4 is 0 Å². The van der Waals surface area contributed by atoms with E-state index < -0.39 is 10.8 Å². The van der Waals surface area contributed by atoms with Gasteiger partial charge in [0.05, 0.1) is 0 Å². The lowest BCUT2D eigenvalue weighted by Gasteiger charge is -2.29. The second-order valence-corrected chi connectivity index (χ2v) is 8.08. The first-order chi connectivity index (χ1) is 13.4. The number of nitrogens with zero attached hydrogens (tertiary/aromatic N) is 2. The molecule has 2 aromatic rings. The topological polar surface area (TPSA) is 63.1 Å². The first-order valence-corrected chi connectivity index (χ1v) is 10.6. The molecule has 0 bridgehead atoms. The minimum atomic E-state index is -1.42. The highest BCUT2D eigenvalue weighted by molar-refractivity contribution is 6.33. The van der Waals surface area contributed by atoms with E-state index in [0.717, 1.165) is 17.5 Å². The zero-order valence-corrected chi connectivity index (χ0v) is 17.9. The molecule has 0 aliphatic carbocycles. The highest BCUT2D eigenvalue weighted by Gasteiger charge is 2.42. The van der Waals surface area contributed by atoms with Gasteiger partial charge in [0.1, 0.15) is 0 Å². The lowest BCUT2D eigenvalue weighted by atomic mass is 9.84. The molecule has 2 unspecified atom stereocenters. The van der Waals surface area contributed by atoms with Gasteiger partial charge in [-0.3, -0.25) is 0 Å². The Balaban J connectivity index is 2.07. The highest BCUT2D eigenvalue weighted by atomic mass is 35.5. The zero-order valence-electron chi connectivity index (χ0n) is 17.1. The molecule has 0 fully saturated rings. The summed E-state index contributed by atoms with van der Waals surface area (Å²) < 4.78 is 0. The van der Waals surface area contributed by atoms with Crippen molar-refractivity contribution in [1.29, 1.82) is 0 Å². The summed E-state index contributed by atoms with van der Waals surface area (Å²) in [4.78, 5) is 19.3. The van der Waals surface area contributed by atoms with Crippen molar-refractivity contribution >= 4 is 17.6 Å². The Labute approximate surface area is 173 Å². The molecule has 0 aliphatic rings. The molecule has 0 aliphatic heterocycles. The van der Waals surface area contributed by atoms with Crippen LogP contribution in [0.15, 0.2) is 36.7 Å². The summed E-state index contributed by atoms with van der Waals surface area (Å²) in [6.45, 7) is 6.02. The third-order valence-electron chi connectivity index (χ3n) is 5.44. The van der Waals surface area contributed by atoms with Crippen LogP contribution in [-0.4, -0.2) is 21.0 Å². The minimum absolute atomic E-state index is 0.189.